The van der Waals surface area contributed by atoms with E-state index in [0.717, 1.165) is 15.4 Å². The van der Waals surface area contributed by atoms with E-state index in [9.17, 15) is 4.79 Å². The predicted molar refractivity (Wildman–Crippen MR) is 83.4 cm³/mol. The topological polar surface area (TPSA) is 26.3 Å². The monoisotopic (exact) mass is 284 g/mol. The van der Waals surface area contributed by atoms with Gasteiger partial charge < -0.3 is 4.74 Å². The molecule has 2 rings (SSSR count). The zero-order valence-corrected chi connectivity index (χ0v) is 12.1. The SMILES string of the molecule is COC(=O)C/C(=C\c1ccccc1)Sc1ccccc1. The van der Waals surface area contributed by atoms with Crippen molar-refractivity contribution < 1.29 is 9.53 Å². The Hall–Kier alpha value is -2.00. The van der Waals surface area contributed by atoms with Crippen molar-refractivity contribution in [2.45, 2.75) is 11.3 Å². The molecule has 0 saturated carbocycles. The number of methoxy groups -OCH3 is 1. The van der Waals surface area contributed by atoms with Crippen LogP contribution in [0.2, 0.25) is 0 Å². The van der Waals surface area contributed by atoms with Crippen LogP contribution in [0, 0.1) is 0 Å². The largest absolute Gasteiger partial charge is 0.469 e. The molecule has 0 radical (unpaired) electrons. The number of esters is 1. The molecule has 2 aromatic rings. The lowest BCUT2D eigenvalue weighted by Crippen LogP contribution is -2.00. The van der Waals surface area contributed by atoms with Crippen molar-refractivity contribution in [1.29, 1.82) is 0 Å². The lowest BCUT2D eigenvalue weighted by molar-refractivity contribution is -0.139. The normalized spacial score (nSPS) is 11.2. The number of carbonyl (C=O) groups is 1. The molecule has 0 unspecified atom stereocenters. The van der Waals surface area contributed by atoms with Gasteiger partial charge in [0.05, 0.1) is 13.5 Å². The fraction of sp³-hybridized carbons (Fsp3) is 0.118. The second kappa shape index (κ2) is 7.56. The third-order valence-corrected chi connectivity index (χ3v) is 3.70. The predicted octanol–water partition coefficient (Wildman–Crippen LogP) is 4.38. The Labute approximate surface area is 123 Å². The Morgan fingerprint density at radius 2 is 1.65 bits per heavy atom. The first-order valence-corrected chi connectivity index (χ1v) is 7.15. The number of carbonyl (C=O) groups excluding carboxylic acids is 1. The molecule has 0 spiro atoms. The van der Waals surface area contributed by atoms with Crippen molar-refractivity contribution in [2.75, 3.05) is 7.11 Å². The highest BCUT2D eigenvalue weighted by atomic mass is 32.2. The molecule has 0 aliphatic heterocycles. The second-order valence-corrected chi connectivity index (χ2v) is 5.39. The van der Waals surface area contributed by atoms with Gasteiger partial charge in [-0.05, 0) is 23.8 Å². The van der Waals surface area contributed by atoms with Gasteiger partial charge in [-0.1, -0.05) is 60.3 Å². The molecule has 102 valence electrons. The summed E-state index contributed by atoms with van der Waals surface area (Å²) in [5.41, 5.74) is 1.08. The summed E-state index contributed by atoms with van der Waals surface area (Å²) in [5.74, 6) is -0.226. The number of thioether (sulfide) groups is 1. The molecule has 2 aromatic carbocycles. The van der Waals surface area contributed by atoms with Crippen LogP contribution in [0.4, 0.5) is 0 Å². The van der Waals surface area contributed by atoms with E-state index in [1.807, 2.05) is 66.7 Å². The maximum atomic E-state index is 11.5. The van der Waals surface area contributed by atoms with Gasteiger partial charge in [0.15, 0.2) is 0 Å². The average Bonchev–Trinajstić information content (AvgIpc) is 2.49. The Morgan fingerprint density at radius 1 is 1.05 bits per heavy atom. The Bertz CT molecular complexity index is 576. The molecule has 0 atom stereocenters. The van der Waals surface area contributed by atoms with Gasteiger partial charge in [-0.25, -0.2) is 0 Å². The van der Waals surface area contributed by atoms with Gasteiger partial charge in [0.25, 0.3) is 0 Å². The number of rotatable bonds is 5. The van der Waals surface area contributed by atoms with Gasteiger partial charge in [-0.2, -0.15) is 0 Å². The van der Waals surface area contributed by atoms with Crippen LogP contribution in [0.5, 0.6) is 0 Å². The molecule has 0 aromatic heterocycles. The quantitative estimate of drug-likeness (QED) is 0.602. The first-order valence-electron chi connectivity index (χ1n) is 6.33. The maximum Gasteiger partial charge on any atom is 0.310 e. The van der Waals surface area contributed by atoms with Gasteiger partial charge in [0, 0.05) is 9.80 Å². The molecule has 0 amide bonds. The zero-order valence-electron chi connectivity index (χ0n) is 11.3. The van der Waals surface area contributed by atoms with E-state index in [2.05, 4.69) is 0 Å². The van der Waals surface area contributed by atoms with Crippen LogP contribution in [-0.2, 0) is 9.53 Å². The summed E-state index contributed by atoms with van der Waals surface area (Å²) in [7, 11) is 1.41. The van der Waals surface area contributed by atoms with Gasteiger partial charge in [0.1, 0.15) is 0 Å². The molecule has 0 aliphatic rings. The summed E-state index contributed by atoms with van der Waals surface area (Å²) >= 11 is 1.59. The molecule has 3 heteroatoms. The Balaban J connectivity index is 2.20. The minimum Gasteiger partial charge on any atom is -0.469 e. The molecule has 0 N–H and O–H groups in total. The highest BCUT2D eigenvalue weighted by Gasteiger charge is 2.08. The van der Waals surface area contributed by atoms with Crippen molar-refractivity contribution in [3.8, 4) is 0 Å². The van der Waals surface area contributed by atoms with Crippen LogP contribution in [0.25, 0.3) is 6.08 Å². The van der Waals surface area contributed by atoms with Crippen LogP contribution < -0.4 is 0 Å². The fourth-order valence-corrected chi connectivity index (χ4v) is 2.69. The summed E-state index contributed by atoms with van der Waals surface area (Å²) in [6.45, 7) is 0. The van der Waals surface area contributed by atoms with Gasteiger partial charge >= 0.3 is 5.97 Å². The van der Waals surface area contributed by atoms with E-state index in [4.69, 9.17) is 4.74 Å². The standard InChI is InChI=1S/C17H16O2S/c1-19-17(18)13-16(12-14-8-4-2-5-9-14)20-15-10-6-3-7-11-15/h2-12H,13H2,1H3/b16-12+. The van der Waals surface area contributed by atoms with Crippen LogP contribution in [-0.4, -0.2) is 13.1 Å². The molecule has 2 nitrogen and oxygen atoms in total. The first-order chi connectivity index (χ1) is 9.78. The van der Waals surface area contributed by atoms with Gasteiger partial charge in [-0.15, -0.1) is 0 Å². The Morgan fingerprint density at radius 3 is 2.25 bits per heavy atom. The van der Waals surface area contributed by atoms with E-state index in [1.54, 1.807) is 11.8 Å². The molecule has 20 heavy (non-hydrogen) atoms. The summed E-state index contributed by atoms with van der Waals surface area (Å²) in [6, 6.07) is 20.0. The van der Waals surface area contributed by atoms with Gasteiger partial charge in [0.2, 0.25) is 0 Å². The minimum atomic E-state index is -0.226. The number of ether oxygens (including phenoxy) is 1. The molecule has 0 heterocycles. The van der Waals surface area contributed by atoms with E-state index in [0.29, 0.717) is 0 Å². The first kappa shape index (κ1) is 14.4. The molecule has 0 saturated heterocycles. The highest BCUT2D eigenvalue weighted by Crippen LogP contribution is 2.30. The van der Waals surface area contributed by atoms with Crippen LogP contribution in [0.15, 0.2) is 70.5 Å². The number of hydrogen-bond donors (Lipinski definition) is 0. The lowest BCUT2D eigenvalue weighted by Gasteiger charge is -2.06. The molecule has 0 fully saturated rings. The summed E-state index contributed by atoms with van der Waals surface area (Å²) in [4.78, 5) is 13.6. The number of hydrogen-bond acceptors (Lipinski definition) is 3. The van der Waals surface area contributed by atoms with Crippen LogP contribution >= 0.6 is 11.8 Å². The molecule has 0 aliphatic carbocycles. The third kappa shape index (κ3) is 4.59. The van der Waals surface area contributed by atoms with Crippen molar-refractivity contribution in [3.05, 3.63) is 71.1 Å². The van der Waals surface area contributed by atoms with Crippen molar-refractivity contribution >= 4 is 23.8 Å². The summed E-state index contributed by atoms with van der Waals surface area (Å²) in [6.07, 6.45) is 2.31. The minimum absolute atomic E-state index is 0.226. The van der Waals surface area contributed by atoms with E-state index < -0.39 is 0 Å². The summed E-state index contributed by atoms with van der Waals surface area (Å²) < 4.78 is 4.76. The zero-order chi connectivity index (χ0) is 14.2. The van der Waals surface area contributed by atoms with Crippen LogP contribution in [0.3, 0.4) is 0 Å². The third-order valence-electron chi connectivity index (χ3n) is 2.67. The van der Waals surface area contributed by atoms with Crippen molar-refractivity contribution in [1.82, 2.24) is 0 Å². The number of benzene rings is 2. The van der Waals surface area contributed by atoms with E-state index in [-0.39, 0.29) is 12.4 Å². The lowest BCUT2D eigenvalue weighted by atomic mass is 10.2. The molecular weight excluding hydrogens is 268 g/mol. The smallest absolute Gasteiger partial charge is 0.310 e. The van der Waals surface area contributed by atoms with Crippen molar-refractivity contribution in [2.24, 2.45) is 0 Å². The fourth-order valence-electron chi connectivity index (χ4n) is 1.71. The molecule has 0 bridgehead atoms. The van der Waals surface area contributed by atoms with Gasteiger partial charge in [-0.3, -0.25) is 4.79 Å². The Kier molecular flexibility index (Phi) is 5.44. The van der Waals surface area contributed by atoms with E-state index in [1.165, 1.54) is 7.11 Å². The van der Waals surface area contributed by atoms with Crippen molar-refractivity contribution in [3.63, 3.8) is 0 Å². The van der Waals surface area contributed by atoms with Crippen LogP contribution in [0.1, 0.15) is 12.0 Å². The molecular formula is C17H16O2S. The highest BCUT2D eigenvalue weighted by molar-refractivity contribution is 8.03. The summed E-state index contributed by atoms with van der Waals surface area (Å²) in [5, 5.41) is 0. The maximum absolute atomic E-state index is 11.5. The average molecular weight is 284 g/mol. The van der Waals surface area contributed by atoms with E-state index >= 15 is 0 Å². The second-order valence-electron chi connectivity index (χ2n) is 4.19.